The molecule has 0 bridgehead atoms. The Kier molecular flexibility index (Phi) is 21.5. The molecule has 2 heterocycles. The van der Waals surface area contributed by atoms with Crippen molar-refractivity contribution in [2.24, 2.45) is 22.9 Å². The van der Waals surface area contributed by atoms with E-state index in [0.29, 0.717) is 50.5 Å². The van der Waals surface area contributed by atoms with Gasteiger partial charge in [0.25, 0.3) is 5.69 Å². The van der Waals surface area contributed by atoms with Crippen LogP contribution < -0.4 is 9.47 Å². The van der Waals surface area contributed by atoms with E-state index < -0.39 is 28.8 Å². The van der Waals surface area contributed by atoms with Crippen molar-refractivity contribution in [2.75, 3.05) is 59.2 Å². The average molecular weight is 945 g/mol. The summed E-state index contributed by atoms with van der Waals surface area (Å²) in [7, 11) is 0. The van der Waals surface area contributed by atoms with Crippen molar-refractivity contribution < 1.29 is 43.7 Å². The summed E-state index contributed by atoms with van der Waals surface area (Å²) in [5.41, 5.74) is 3.32. The maximum atomic E-state index is 14.7. The Labute approximate surface area is 405 Å². The Hall–Kier alpha value is -4.50. The number of nitro benzene ring substituents is 1. The summed E-state index contributed by atoms with van der Waals surface area (Å²) in [5, 5.41) is 36.3. The van der Waals surface area contributed by atoms with Crippen LogP contribution >= 0.6 is 0 Å². The molecule has 2 N–H and O–H groups in total. The molecule has 1 saturated carbocycles. The smallest absolute Gasteiger partial charge is 0.410 e. The van der Waals surface area contributed by atoms with E-state index in [9.17, 15) is 25.1 Å². The van der Waals surface area contributed by atoms with Crippen molar-refractivity contribution in [3.8, 4) is 11.5 Å². The van der Waals surface area contributed by atoms with Crippen molar-refractivity contribution in [1.82, 2.24) is 9.80 Å². The van der Waals surface area contributed by atoms with Gasteiger partial charge in [-0.15, -0.1) is 6.58 Å². The van der Waals surface area contributed by atoms with E-state index in [1.54, 1.807) is 23.1 Å². The van der Waals surface area contributed by atoms with Gasteiger partial charge < -0.3 is 34.0 Å². The molecule has 2 fully saturated rings. The van der Waals surface area contributed by atoms with E-state index >= 15 is 0 Å². The van der Waals surface area contributed by atoms with Gasteiger partial charge in [-0.3, -0.25) is 19.9 Å². The zero-order chi connectivity index (χ0) is 48.1. The van der Waals surface area contributed by atoms with Crippen LogP contribution in [0.4, 0.5) is 10.5 Å². The number of carbonyl (C=O) groups is 1. The number of nitrogens with zero attached hydrogens (tertiary/aromatic N) is 4. The lowest BCUT2D eigenvalue weighted by Gasteiger charge is -2.59. The number of fused-ring (bicyclic) bond motifs is 2. The fourth-order valence-electron chi connectivity index (χ4n) is 10.7. The van der Waals surface area contributed by atoms with Crippen LogP contribution in [0.15, 0.2) is 71.9 Å². The molecular weight excluding hydrogens is 865 g/mol. The largest absolute Gasteiger partial charge is 0.492 e. The Balaban J connectivity index is 1.40. The molecule has 2 aromatic rings. The predicted molar refractivity (Wildman–Crippen MR) is 265 cm³/mol. The summed E-state index contributed by atoms with van der Waals surface area (Å²) in [6.07, 6.45) is 20.9. The molecule has 68 heavy (non-hydrogen) atoms. The summed E-state index contributed by atoms with van der Waals surface area (Å²) in [5.74, 6) is -0.483. The van der Waals surface area contributed by atoms with Crippen molar-refractivity contribution in [3.63, 3.8) is 0 Å². The quantitative estimate of drug-likeness (QED) is 0.0230. The summed E-state index contributed by atoms with van der Waals surface area (Å²) in [4.78, 5) is 36.0. The number of carbonyl (C=O) groups excluding carboxylic acids is 1. The van der Waals surface area contributed by atoms with Gasteiger partial charge in [-0.05, 0) is 91.8 Å². The molecule has 14 heteroatoms. The van der Waals surface area contributed by atoms with Gasteiger partial charge in [-0.2, -0.15) is 0 Å². The standard InChI is InChI=1S/C54H80N4O10/c1-4-7-8-9-10-11-12-13-14-19-35-65-53(61)57(28-5-2)50-39-48(55-67-40-41-22-24-43(25-23-41)58(62)63)46-37-42(20-15-17-32-59)45(21-16-18-33-60)51-47-38-44(64-36-31-56-29-30-56)26-27-49(47)68-54(50,52(46)51)66-34-6-3/h6,22-27,37-38,42,45,50-52,59-60H,3-5,7-21,28-36,39-40H2,1-2H3/t42-,45+,50-,51+,52+,54+/m0/s1. The highest BCUT2D eigenvalue weighted by Gasteiger charge is 2.65. The number of aliphatic hydroxyl groups excluding tert-OH is 2. The van der Waals surface area contributed by atoms with Gasteiger partial charge in [0, 0.05) is 69.4 Å². The number of amides is 1. The van der Waals surface area contributed by atoms with E-state index in [1.807, 2.05) is 19.1 Å². The first-order chi connectivity index (χ1) is 33.3. The zero-order valence-electron chi connectivity index (χ0n) is 41.0. The fourth-order valence-corrected chi connectivity index (χ4v) is 10.7. The number of benzene rings is 2. The molecule has 2 aromatic carbocycles. The van der Waals surface area contributed by atoms with Crippen LogP contribution in [0.3, 0.4) is 0 Å². The van der Waals surface area contributed by atoms with Gasteiger partial charge in [-0.25, -0.2) is 4.79 Å². The van der Waals surface area contributed by atoms with Crippen LogP contribution in [-0.4, -0.2) is 108 Å². The molecule has 0 radical (unpaired) electrons. The van der Waals surface area contributed by atoms with Gasteiger partial charge in [0.1, 0.15) is 30.8 Å². The number of oxime groups is 1. The predicted octanol–water partition coefficient (Wildman–Crippen LogP) is 10.9. The van der Waals surface area contributed by atoms with Gasteiger partial charge in [-0.1, -0.05) is 102 Å². The van der Waals surface area contributed by atoms with E-state index in [-0.39, 0.29) is 56.3 Å². The van der Waals surface area contributed by atoms with Crippen LogP contribution in [0.1, 0.15) is 146 Å². The van der Waals surface area contributed by atoms with Crippen LogP contribution in [-0.2, 0) is 20.9 Å². The second-order valence-electron chi connectivity index (χ2n) is 19.1. The fraction of sp³-hybridized carbons (Fsp3) is 0.667. The minimum Gasteiger partial charge on any atom is -0.492 e. The van der Waals surface area contributed by atoms with E-state index in [4.69, 9.17) is 28.9 Å². The second kappa shape index (κ2) is 27.6. The molecule has 2 aliphatic heterocycles. The summed E-state index contributed by atoms with van der Waals surface area (Å²) in [6, 6.07) is 11.6. The maximum absolute atomic E-state index is 14.7. The third-order valence-corrected chi connectivity index (χ3v) is 14.2. The third kappa shape index (κ3) is 14.3. The van der Waals surface area contributed by atoms with Gasteiger partial charge in [0.15, 0.2) is 0 Å². The topological polar surface area (TPSA) is 165 Å². The molecule has 0 spiro atoms. The molecule has 6 atom stereocenters. The number of allylic oxidation sites excluding steroid dienone is 1. The van der Waals surface area contributed by atoms with Crippen LogP contribution in [0, 0.1) is 27.9 Å². The summed E-state index contributed by atoms with van der Waals surface area (Å²) < 4.78 is 27.1. The van der Waals surface area contributed by atoms with Gasteiger partial charge in [0.05, 0.1) is 29.8 Å². The number of ether oxygens (including phenoxy) is 4. The first-order valence-corrected chi connectivity index (χ1v) is 26.0. The minimum atomic E-state index is -1.40. The Morgan fingerprint density at radius 1 is 0.926 bits per heavy atom. The first-order valence-electron chi connectivity index (χ1n) is 26.0. The molecule has 0 aromatic heterocycles. The van der Waals surface area contributed by atoms with E-state index in [1.165, 1.54) is 57.1 Å². The maximum Gasteiger partial charge on any atom is 0.410 e. The molecular formula is C54H80N4O10. The highest BCUT2D eigenvalue weighted by Crippen LogP contribution is 2.62. The Morgan fingerprint density at radius 3 is 2.29 bits per heavy atom. The minimum absolute atomic E-state index is 0.00636. The normalized spacial score (nSPS) is 23.2. The van der Waals surface area contributed by atoms with Crippen LogP contribution in [0.2, 0.25) is 0 Å². The first kappa shape index (κ1) is 52.9. The lowest BCUT2D eigenvalue weighted by molar-refractivity contribution is -0.384. The molecule has 0 unspecified atom stereocenters. The second-order valence-corrected chi connectivity index (χ2v) is 19.1. The Morgan fingerprint density at radius 2 is 1.63 bits per heavy atom. The SMILES string of the molecule is C=CCO[C@@]12Oc3ccc(OCCN4CC4)cc3[C@H]3[C@H](CCCCO)[C@@H](CCCCO)C=C(C(=NOCc4ccc([N+](=O)[O-])cc4)C[C@@H]1N(CCC)C(=O)OCCCCCCCCCCCC)[C@H]32. The zero-order valence-corrected chi connectivity index (χ0v) is 41.0. The van der Waals surface area contributed by atoms with Crippen LogP contribution in [0.25, 0.3) is 0 Å². The van der Waals surface area contributed by atoms with Gasteiger partial charge in [0.2, 0.25) is 5.79 Å². The van der Waals surface area contributed by atoms with E-state index in [0.717, 1.165) is 87.0 Å². The number of non-ortho nitro benzene ring substituents is 1. The van der Waals surface area contributed by atoms with Gasteiger partial charge >= 0.3 is 6.09 Å². The highest BCUT2D eigenvalue weighted by atomic mass is 16.7. The molecule has 1 amide bonds. The highest BCUT2D eigenvalue weighted by molar-refractivity contribution is 6.03. The third-order valence-electron chi connectivity index (χ3n) is 14.2. The number of nitro groups is 1. The number of hydrogen-bond donors (Lipinski definition) is 2. The lowest BCUT2D eigenvalue weighted by atomic mass is 9.55. The molecule has 14 nitrogen and oxygen atoms in total. The molecule has 2 aliphatic carbocycles. The monoisotopic (exact) mass is 945 g/mol. The summed E-state index contributed by atoms with van der Waals surface area (Å²) in [6.45, 7) is 13.1. The molecule has 376 valence electrons. The van der Waals surface area contributed by atoms with E-state index in [2.05, 4.69) is 30.5 Å². The number of aliphatic hydroxyl groups is 2. The van der Waals surface area contributed by atoms with Crippen LogP contribution in [0.5, 0.6) is 11.5 Å². The average Bonchev–Trinajstić information content (AvgIpc) is 4.18. The molecule has 6 rings (SSSR count). The number of hydrogen-bond acceptors (Lipinski definition) is 12. The molecule has 4 aliphatic rings. The number of rotatable bonds is 33. The van der Waals surface area contributed by atoms with Crippen molar-refractivity contribution in [1.29, 1.82) is 0 Å². The van der Waals surface area contributed by atoms with Crippen molar-refractivity contribution in [3.05, 3.63) is 88.0 Å². The van der Waals surface area contributed by atoms with Crippen molar-refractivity contribution >= 4 is 17.5 Å². The number of unbranched alkanes of at least 4 members (excludes halogenated alkanes) is 11. The lowest BCUT2D eigenvalue weighted by Crippen LogP contribution is -2.70. The summed E-state index contributed by atoms with van der Waals surface area (Å²) >= 11 is 0. The Bertz CT molecular complexity index is 1940. The molecule has 1 saturated heterocycles. The van der Waals surface area contributed by atoms with Crippen molar-refractivity contribution in [2.45, 2.75) is 154 Å².